The number of hydrogen-bond donors (Lipinski definition) is 1. The number of carbonyl (C=O) groups is 1. The molecule has 1 amide bonds. The Morgan fingerprint density at radius 2 is 1.78 bits per heavy atom. The van der Waals surface area contributed by atoms with Crippen LogP contribution < -0.4 is 15.6 Å². The molecule has 1 heterocycles. The van der Waals surface area contributed by atoms with Crippen LogP contribution in [0, 0.1) is 0 Å². The lowest BCUT2D eigenvalue weighted by Gasteiger charge is -2.21. The minimum Gasteiger partial charge on any atom is -0.463 e. The summed E-state index contributed by atoms with van der Waals surface area (Å²) in [6.07, 6.45) is 4.17. The minimum absolute atomic E-state index is 0.163. The number of para-hydroxylation sites is 1. The van der Waals surface area contributed by atoms with Crippen molar-refractivity contribution in [3.8, 4) is 0 Å². The van der Waals surface area contributed by atoms with Crippen LogP contribution in [0.3, 0.4) is 0 Å². The molecule has 0 fully saturated rings. The quantitative estimate of drug-likeness (QED) is 0.665. The summed E-state index contributed by atoms with van der Waals surface area (Å²) in [6, 6.07) is 14.7. The maximum Gasteiger partial charge on any atom is 0.248 e. The van der Waals surface area contributed by atoms with E-state index in [1.54, 1.807) is 24.3 Å². The zero-order chi connectivity index (χ0) is 19.2. The van der Waals surface area contributed by atoms with Crippen LogP contribution in [0.1, 0.15) is 19.4 Å². The summed E-state index contributed by atoms with van der Waals surface area (Å²) in [5.41, 5.74) is 2.51. The highest BCUT2D eigenvalue weighted by Crippen LogP contribution is 2.18. The second-order valence-electron chi connectivity index (χ2n) is 6.06. The van der Waals surface area contributed by atoms with Crippen LogP contribution in [-0.2, 0) is 4.79 Å². The fourth-order valence-corrected chi connectivity index (χ4v) is 2.90. The summed E-state index contributed by atoms with van der Waals surface area (Å²) in [5.74, 6) is -0.307. The molecule has 0 unspecified atom stereocenters. The van der Waals surface area contributed by atoms with Gasteiger partial charge in [-0.3, -0.25) is 9.59 Å². The second kappa shape index (κ2) is 8.36. The van der Waals surface area contributed by atoms with E-state index in [1.165, 1.54) is 18.4 Å². The van der Waals surface area contributed by atoms with E-state index in [1.807, 2.05) is 24.3 Å². The SMILES string of the molecule is CCN(CC)c1ccc(NC(=O)/C=C/c2coc3ccccc3c2=O)cc1. The predicted molar refractivity (Wildman–Crippen MR) is 110 cm³/mol. The van der Waals surface area contributed by atoms with Gasteiger partial charge in [0.15, 0.2) is 5.43 Å². The second-order valence-corrected chi connectivity index (χ2v) is 6.06. The van der Waals surface area contributed by atoms with Crippen molar-refractivity contribution in [1.82, 2.24) is 0 Å². The molecule has 0 saturated carbocycles. The average Bonchev–Trinajstić information content (AvgIpc) is 2.70. The Hall–Kier alpha value is -3.34. The lowest BCUT2D eigenvalue weighted by Crippen LogP contribution is -2.21. The van der Waals surface area contributed by atoms with Crippen molar-refractivity contribution in [2.24, 2.45) is 0 Å². The van der Waals surface area contributed by atoms with E-state index in [-0.39, 0.29) is 11.3 Å². The summed E-state index contributed by atoms with van der Waals surface area (Å²) < 4.78 is 5.44. The van der Waals surface area contributed by atoms with Crippen LogP contribution in [0.15, 0.2) is 70.1 Å². The summed E-state index contributed by atoms with van der Waals surface area (Å²) in [5, 5.41) is 3.29. The molecule has 3 aromatic rings. The number of rotatable bonds is 6. The molecule has 0 aliphatic rings. The normalized spacial score (nSPS) is 11.0. The number of nitrogens with one attached hydrogen (secondary N) is 1. The first-order valence-electron chi connectivity index (χ1n) is 8.97. The van der Waals surface area contributed by atoms with E-state index >= 15 is 0 Å². The third kappa shape index (κ3) is 4.26. The highest BCUT2D eigenvalue weighted by atomic mass is 16.3. The minimum atomic E-state index is -0.307. The Kier molecular flexibility index (Phi) is 5.71. The van der Waals surface area contributed by atoms with Gasteiger partial charge in [-0.2, -0.15) is 0 Å². The Morgan fingerprint density at radius 1 is 1.07 bits per heavy atom. The molecule has 1 aromatic heterocycles. The zero-order valence-corrected chi connectivity index (χ0v) is 15.4. The van der Waals surface area contributed by atoms with Gasteiger partial charge in [0.25, 0.3) is 0 Å². The lowest BCUT2D eigenvalue weighted by atomic mass is 10.1. The fourth-order valence-electron chi connectivity index (χ4n) is 2.90. The number of benzene rings is 2. The molecule has 0 bridgehead atoms. The van der Waals surface area contributed by atoms with E-state index in [0.717, 1.165) is 18.8 Å². The van der Waals surface area contributed by atoms with Crippen molar-refractivity contribution in [3.05, 3.63) is 76.7 Å². The van der Waals surface area contributed by atoms with Crippen molar-refractivity contribution >= 4 is 34.3 Å². The number of amides is 1. The van der Waals surface area contributed by atoms with Gasteiger partial charge in [0.05, 0.1) is 10.9 Å². The highest BCUT2D eigenvalue weighted by molar-refractivity contribution is 6.02. The number of hydrogen-bond acceptors (Lipinski definition) is 4. The van der Waals surface area contributed by atoms with Gasteiger partial charge < -0.3 is 14.6 Å². The smallest absolute Gasteiger partial charge is 0.248 e. The molecular formula is C22H22N2O3. The summed E-state index contributed by atoms with van der Waals surface area (Å²) in [6.45, 7) is 6.07. The molecule has 0 radical (unpaired) electrons. The highest BCUT2D eigenvalue weighted by Gasteiger charge is 2.05. The molecule has 2 aromatic carbocycles. The third-order valence-electron chi connectivity index (χ3n) is 4.38. The van der Waals surface area contributed by atoms with Gasteiger partial charge in [-0.25, -0.2) is 0 Å². The molecule has 5 nitrogen and oxygen atoms in total. The Labute approximate surface area is 157 Å². The largest absolute Gasteiger partial charge is 0.463 e. The molecule has 3 rings (SSSR count). The Bertz CT molecular complexity index is 1020. The van der Waals surface area contributed by atoms with Crippen LogP contribution in [0.4, 0.5) is 11.4 Å². The summed E-state index contributed by atoms with van der Waals surface area (Å²) >= 11 is 0. The maximum atomic E-state index is 12.4. The monoisotopic (exact) mass is 362 g/mol. The van der Waals surface area contributed by atoms with E-state index in [0.29, 0.717) is 22.2 Å². The van der Waals surface area contributed by atoms with Gasteiger partial charge in [0.1, 0.15) is 11.8 Å². The third-order valence-corrected chi connectivity index (χ3v) is 4.38. The van der Waals surface area contributed by atoms with E-state index in [4.69, 9.17) is 4.42 Å². The van der Waals surface area contributed by atoms with Crippen molar-refractivity contribution in [2.75, 3.05) is 23.3 Å². The van der Waals surface area contributed by atoms with Crippen LogP contribution in [0.25, 0.3) is 17.0 Å². The van der Waals surface area contributed by atoms with Gasteiger partial charge in [-0.1, -0.05) is 12.1 Å². The first-order valence-corrected chi connectivity index (χ1v) is 8.97. The van der Waals surface area contributed by atoms with Crippen molar-refractivity contribution in [1.29, 1.82) is 0 Å². The topological polar surface area (TPSA) is 62.6 Å². The Balaban J connectivity index is 1.71. The van der Waals surface area contributed by atoms with Crippen LogP contribution in [0.2, 0.25) is 0 Å². The average molecular weight is 362 g/mol. The summed E-state index contributed by atoms with van der Waals surface area (Å²) in [7, 11) is 0. The molecule has 0 saturated heterocycles. The van der Waals surface area contributed by atoms with Gasteiger partial charge in [0, 0.05) is 30.5 Å². The van der Waals surface area contributed by atoms with Crippen LogP contribution in [-0.4, -0.2) is 19.0 Å². The maximum absolute atomic E-state index is 12.4. The standard InChI is InChI=1S/C22H22N2O3/c1-3-24(4-2)18-12-10-17(11-13-18)23-21(25)14-9-16-15-27-20-8-6-5-7-19(20)22(16)26/h5-15H,3-4H2,1-2H3,(H,23,25)/b14-9+. The van der Waals surface area contributed by atoms with E-state index < -0.39 is 0 Å². The van der Waals surface area contributed by atoms with Crippen molar-refractivity contribution < 1.29 is 9.21 Å². The molecule has 0 aliphatic carbocycles. The molecular weight excluding hydrogens is 340 g/mol. The van der Waals surface area contributed by atoms with Gasteiger partial charge in [-0.05, 0) is 56.3 Å². The van der Waals surface area contributed by atoms with Crippen molar-refractivity contribution in [2.45, 2.75) is 13.8 Å². The zero-order valence-electron chi connectivity index (χ0n) is 15.4. The van der Waals surface area contributed by atoms with E-state index in [2.05, 4.69) is 24.1 Å². The van der Waals surface area contributed by atoms with Gasteiger partial charge in [-0.15, -0.1) is 0 Å². The summed E-state index contributed by atoms with van der Waals surface area (Å²) in [4.78, 5) is 26.8. The number of anilines is 2. The van der Waals surface area contributed by atoms with Crippen molar-refractivity contribution in [3.63, 3.8) is 0 Å². The first kappa shape index (κ1) is 18.5. The van der Waals surface area contributed by atoms with Gasteiger partial charge >= 0.3 is 0 Å². The number of fused-ring (bicyclic) bond motifs is 1. The molecule has 0 atom stereocenters. The lowest BCUT2D eigenvalue weighted by molar-refractivity contribution is -0.111. The molecule has 1 N–H and O–H groups in total. The van der Waals surface area contributed by atoms with Crippen LogP contribution >= 0.6 is 0 Å². The Morgan fingerprint density at radius 3 is 2.48 bits per heavy atom. The predicted octanol–water partition coefficient (Wildman–Crippen LogP) is 4.29. The number of nitrogens with zero attached hydrogens (tertiary/aromatic N) is 1. The van der Waals surface area contributed by atoms with Crippen LogP contribution in [0.5, 0.6) is 0 Å². The molecule has 27 heavy (non-hydrogen) atoms. The van der Waals surface area contributed by atoms with Gasteiger partial charge in [0.2, 0.25) is 5.91 Å². The molecule has 0 aliphatic heterocycles. The molecule has 138 valence electrons. The first-order chi connectivity index (χ1) is 13.1. The number of carbonyl (C=O) groups excluding carboxylic acids is 1. The molecule has 0 spiro atoms. The fraction of sp³-hybridized carbons (Fsp3) is 0.182. The van der Waals surface area contributed by atoms with E-state index in [9.17, 15) is 9.59 Å². The molecule has 5 heteroatoms.